The highest BCUT2D eigenvalue weighted by Gasteiger charge is 2.42. The maximum absolute atomic E-state index is 13.6. The van der Waals surface area contributed by atoms with Crippen molar-refractivity contribution in [2.24, 2.45) is 10.2 Å². The molecule has 0 saturated carbocycles. The fourth-order valence-electron chi connectivity index (χ4n) is 3.80. The number of rotatable bonds is 5. The summed E-state index contributed by atoms with van der Waals surface area (Å²) in [6.07, 6.45) is 0. The van der Waals surface area contributed by atoms with E-state index in [0.29, 0.717) is 17.1 Å². The summed E-state index contributed by atoms with van der Waals surface area (Å²) < 4.78 is 13.6. The van der Waals surface area contributed by atoms with Crippen LogP contribution in [-0.4, -0.2) is 23.4 Å². The number of urea groups is 1. The van der Waals surface area contributed by atoms with Gasteiger partial charge in [0.15, 0.2) is 5.84 Å². The zero-order valence-corrected chi connectivity index (χ0v) is 18.5. The zero-order chi connectivity index (χ0) is 24.2. The molecule has 0 unspecified atom stereocenters. The first-order valence-corrected chi connectivity index (χ1v) is 10.9. The van der Waals surface area contributed by atoms with E-state index in [4.69, 9.17) is 5.41 Å². The lowest BCUT2D eigenvalue weighted by Gasteiger charge is -2.17. The van der Waals surface area contributed by atoms with Crippen LogP contribution in [0.15, 0.2) is 125 Å². The van der Waals surface area contributed by atoms with E-state index in [1.807, 2.05) is 66.7 Å². The van der Waals surface area contributed by atoms with E-state index in [9.17, 15) is 9.18 Å². The van der Waals surface area contributed by atoms with Gasteiger partial charge in [0.25, 0.3) is 0 Å². The van der Waals surface area contributed by atoms with E-state index in [1.165, 1.54) is 34.1 Å². The normalized spacial score (nSPS) is 14.5. The van der Waals surface area contributed by atoms with Crippen LogP contribution < -0.4 is 9.80 Å². The summed E-state index contributed by atoms with van der Waals surface area (Å²) in [6, 6.07) is 33.0. The van der Waals surface area contributed by atoms with Crippen LogP contribution in [0, 0.1) is 11.2 Å². The van der Waals surface area contributed by atoms with Crippen LogP contribution in [0.3, 0.4) is 0 Å². The van der Waals surface area contributed by atoms with Gasteiger partial charge in [0.05, 0.1) is 11.4 Å². The van der Waals surface area contributed by atoms with Crippen molar-refractivity contribution >= 4 is 34.8 Å². The number of nitrogens with one attached hydrogen (secondary N) is 1. The van der Waals surface area contributed by atoms with E-state index in [0.717, 1.165) is 11.1 Å². The Bertz CT molecular complexity index is 1380. The molecule has 0 atom stereocenters. The Kier molecular flexibility index (Phi) is 5.96. The average molecular weight is 462 g/mol. The van der Waals surface area contributed by atoms with E-state index in [-0.39, 0.29) is 11.7 Å². The lowest BCUT2D eigenvalue weighted by molar-refractivity contribution is 0.257. The smallest absolute Gasteiger partial charge is 0.281 e. The van der Waals surface area contributed by atoms with Gasteiger partial charge in [-0.25, -0.2) is 19.0 Å². The van der Waals surface area contributed by atoms with Crippen molar-refractivity contribution in [3.05, 3.63) is 132 Å². The van der Waals surface area contributed by atoms with Gasteiger partial charge in [0.2, 0.25) is 5.84 Å². The van der Waals surface area contributed by atoms with Crippen molar-refractivity contribution in [3.8, 4) is 0 Å². The van der Waals surface area contributed by atoms with Crippen molar-refractivity contribution in [1.82, 2.24) is 0 Å². The first-order valence-electron chi connectivity index (χ1n) is 10.9. The first kappa shape index (κ1) is 21.9. The molecular formula is C28H20FN5O. The van der Waals surface area contributed by atoms with Gasteiger partial charge in [0.1, 0.15) is 11.5 Å². The molecule has 1 N–H and O–H groups in total. The molecule has 0 radical (unpaired) electrons. The molecule has 35 heavy (non-hydrogen) atoms. The van der Waals surface area contributed by atoms with Crippen molar-refractivity contribution in [1.29, 1.82) is 5.41 Å². The molecule has 7 heteroatoms. The largest absolute Gasteiger partial charge is 0.340 e. The molecule has 0 aromatic heterocycles. The number of carbonyl (C=O) groups excluding carboxylic acids is 1. The lowest BCUT2D eigenvalue weighted by atomic mass is 10.0. The number of amides is 2. The van der Waals surface area contributed by atoms with Gasteiger partial charge in [-0.1, -0.05) is 78.9 Å². The minimum Gasteiger partial charge on any atom is -0.281 e. The fourth-order valence-corrected chi connectivity index (χ4v) is 3.80. The summed E-state index contributed by atoms with van der Waals surface area (Å²) in [6.45, 7) is 0. The van der Waals surface area contributed by atoms with Gasteiger partial charge < -0.3 is 0 Å². The van der Waals surface area contributed by atoms with Gasteiger partial charge >= 0.3 is 6.03 Å². The second kappa shape index (κ2) is 9.52. The number of nitrogens with zero attached hydrogens (tertiary/aromatic N) is 4. The molecule has 1 aliphatic rings. The fraction of sp³-hybridized carbons (Fsp3) is 0. The van der Waals surface area contributed by atoms with Gasteiger partial charge in [-0.15, -0.1) is 10.2 Å². The summed E-state index contributed by atoms with van der Waals surface area (Å²) in [5.74, 6) is -0.521. The van der Waals surface area contributed by atoms with Gasteiger partial charge in [-0.2, -0.15) is 0 Å². The maximum Gasteiger partial charge on any atom is 0.340 e. The lowest BCUT2D eigenvalue weighted by Crippen LogP contribution is -2.33. The number of anilines is 2. The van der Waals surface area contributed by atoms with Crippen LogP contribution in [0.2, 0.25) is 0 Å². The Morgan fingerprint density at radius 3 is 1.69 bits per heavy atom. The van der Waals surface area contributed by atoms with Gasteiger partial charge in [0, 0.05) is 11.1 Å². The molecule has 1 fully saturated rings. The molecule has 0 spiro atoms. The second-order valence-electron chi connectivity index (χ2n) is 7.72. The number of amidine groups is 2. The molecule has 1 aliphatic heterocycles. The van der Waals surface area contributed by atoms with Crippen LogP contribution >= 0.6 is 0 Å². The maximum atomic E-state index is 13.6. The predicted octanol–water partition coefficient (Wildman–Crippen LogP) is 6.10. The van der Waals surface area contributed by atoms with Crippen molar-refractivity contribution < 1.29 is 9.18 Å². The molecule has 4 aromatic rings. The molecule has 6 nitrogen and oxygen atoms in total. The molecule has 2 amide bonds. The van der Waals surface area contributed by atoms with Crippen LogP contribution in [0.1, 0.15) is 11.1 Å². The summed E-state index contributed by atoms with van der Waals surface area (Å²) in [5, 5.41) is 17.7. The number of benzene rings is 4. The van der Waals surface area contributed by atoms with Crippen LogP contribution in [0.4, 0.5) is 20.6 Å². The van der Waals surface area contributed by atoms with E-state index < -0.39 is 11.8 Å². The molecular weight excluding hydrogens is 441 g/mol. The number of carbonyl (C=O) groups is 1. The second-order valence-corrected chi connectivity index (χ2v) is 7.72. The van der Waals surface area contributed by atoms with Crippen LogP contribution in [0.25, 0.3) is 0 Å². The summed E-state index contributed by atoms with van der Waals surface area (Å²) in [5.41, 5.74) is 3.18. The summed E-state index contributed by atoms with van der Waals surface area (Å²) >= 11 is 0. The third kappa shape index (κ3) is 4.35. The molecule has 4 aromatic carbocycles. The van der Waals surface area contributed by atoms with Crippen molar-refractivity contribution in [2.45, 2.75) is 0 Å². The topological polar surface area (TPSA) is 72.1 Å². The molecule has 1 saturated heterocycles. The quantitative estimate of drug-likeness (QED) is 0.283. The number of para-hydroxylation sites is 1. The molecule has 5 rings (SSSR count). The van der Waals surface area contributed by atoms with E-state index >= 15 is 0 Å². The van der Waals surface area contributed by atoms with Crippen molar-refractivity contribution in [2.75, 3.05) is 9.80 Å². The van der Waals surface area contributed by atoms with E-state index in [2.05, 4.69) is 10.2 Å². The summed E-state index contributed by atoms with van der Waals surface area (Å²) in [7, 11) is 0. The Labute approximate surface area is 201 Å². The third-order valence-corrected chi connectivity index (χ3v) is 5.47. The summed E-state index contributed by atoms with van der Waals surface area (Å²) in [4.78, 5) is 16.0. The number of hydrogen-bond donors (Lipinski definition) is 1. The van der Waals surface area contributed by atoms with Gasteiger partial charge in [-0.05, 0) is 36.4 Å². The average Bonchev–Trinajstić information content (AvgIpc) is 3.15. The Morgan fingerprint density at radius 2 is 1.14 bits per heavy atom. The monoisotopic (exact) mass is 461 g/mol. The molecule has 0 bridgehead atoms. The standard InChI is InChI=1S/C28H20FN5O/c29-22-16-18-24(19-17-22)34-27(26(30)33(28(34)35)23-14-8-3-9-15-23)32-31-25(20-10-4-1-5-11-20)21-12-6-2-7-13-21/h1-19,30H/b30-26?,32-27-. The SMILES string of the molecule is N=C1/C(=N/N=C(c2ccccc2)c2ccccc2)N(c2ccc(F)cc2)C(=O)N1c1ccccc1. The van der Waals surface area contributed by atoms with Gasteiger partial charge in [-0.3, -0.25) is 5.41 Å². The number of hydrogen-bond acceptors (Lipinski definition) is 4. The first-order chi connectivity index (χ1) is 17.1. The highest BCUT2D eigenvalue weighted by atomic mass is 19.1. The predicted molar refractivity (Wildman–Crippen MR) is 137 cm³/mol. The van der Waals surface area contributed by atoms with E-state index in [1.54, 1.807) is 24.3 Å². The Morgan fingerprint density at radius 1 is 0.657 bits per heavy atom. The molecule has 1 heterocycles. The molecule has 0 aliphatic carbocycles. The third-order valence-electron chi connectivity index (χ3n) is 5.47. The molecule has 170 valence electrons. The Hall–Kier alpha value is -4.91. The highest BCUT2D eigenvalue weighted by molar-refractivity contribution is 6.62. The van der Waals surface area contributed by atoms with Crippen molar-refractivity contribution in [3.63, 3.8) is 0 Å². The minimum absolute atomic E-state index is 0.0369. The highest BCUT2D eigenvalue weighted by Crippen LogP contribution is 2.28. The van der Waals surface area contributed by atoms with Crippen LogP contribution in [-0.2, 0) is 0 Å². The van der Waals surface area contributed by atoms with Crippen LogP contribution in [0.5, 0.6) is 0 Å². The Balaban J connectivity index is 1.66. The minimum atomic E-state index is -0.497. The zero-order valence-electron chi connectivity index (χ0n) is 18.5. The number of halogens is 1.